The first-order chi connectivity index (χ1) is 12.7. The summed E-state index contributed by atoms with van der Waals surface area (Å²) in [5.74, 6) is 0. The third-order valence-corrected chi connectivity index (χ3v) is 6.98. The molecule has 0 spiro atoms. The SMILES string of the molecule is CN1CCN(c2cnn(C3CCN(c4nc5c(s4)CCCC5)C3)c2)C1=O. The average molecular weight is 372 g/mol. The first-order valence-corrected chi connectivity index (χ1v) is 10.3. The summed E-state index contributed by atoms with van der Waals surface area (Å²) in [5.41, 5.74) is 2.24. The molecule has 138 valence electrons. The molecule has 5 rings (SSSR count). The molecule has 2 aliphatic heterocycles. The van der Waals surface area contributed by atoms with Gasteiger partial charge in [-0.25, -0.2) is 9.78 Å². The number of nitrogens with zero attached hydrogens (tertiary/aromatic N) is 6. The van der Waals surface area contributed by atoms with Crippen LogP contribution in [0.4, 0.5) is 15.6 Å². The van der Waals surface area contributed by atoms with Crippen molar-refractivity contribution in [2.24, 2.45) is 0 Å². The van der Waals surface area contributed by atoms with Gasteiger partial charge < -0.3 is 9.80 Å². The second-order valence-electron chi connectivity index (χ2n) is 7.50. The summed E-state index contributed by atoms with van der Waals surface area (Å²) in [5, 5.41) is 5.74. The van der Waals surface area contributed by atoms with E-state index in [0.717, 1.165) is 44.7 Å². The minimum absolute atomic E-state index is 0.0611. The Morgan fingerprint density at radius 3 is 2.88 bits per heavy atom. The molecule has 1 unspecified atom stereocenters. The van der Waals surface area contributed by atoms with Crippen molar-refractivity contribution in [1.29, 1.82) is 0 Å². The third kappa shape index (κ3) is 2.67. The van der Waals surface area contributed by atoms with Gasteiger partial charge in [-0.05, 0) is 32.1 Å². The molecule has 26 heavy (non-hydrogen) atoms. The molecule has 0 N–H and O–H groups in total. The van der Waals surface area contributed by atoms with Crippen molar-refractivity contribution >= 4 is 28.2 Å². The second-order valence-corrected chi connectivity index (χ2v) is 8.56. The molecule has 2 amide bonds. The van der Waals surface area contributed by atoms with E-state index in [-0.39, 0.29) is 6.03 Å². The van der Waals surface area contributed by atoms with Crippen molar-refractivity contribution in [3.8, 4) is 0 Å². The number of likely N-dealkylation sites (N-methyl/N-ethyl adjacent to an activating group) is 1. The first-order valence-electron chi connectivity index (χ1n) is 9.49. The highest BCUT2D eigenvalue weighted by Crippen LogP contribution is 2.35. The zero-order chi connectivity index (χ0) is 17.7. The fraction of sp³-hybridized carbons (Fsp3) is 0.611. The number of carbonyl (C=O) groups excluding carboxylic acids is 1. The monoisotopic (exact) mass is 372 g/mol. The van der Waals surface area contributed by atoms with E-state index in [9.17, 15) is 4.79 Å². The highest BCUT2D eigenvalue weighted by atomic mass is 32.1. The predicted molar refractivity (Wildman–Crippen MR) is 102 cm³/mol. The molecule has 8 heteroatoms. The lowest BCUT2D eigenvalue weighted by molar-refractivity contribution is 0.229. The van der Waals surface area contributed by atoms with E-state index < -0.39 is 0 Å². The molecule has 2 fully saturated rings. The molecule has 0 aromatic carbocycles. The molecular formula is C18H24N6OS. The van der Waals surface area contributed by atoms with Crippen molar-refractivity contribution < 1.29 is 4.79 Å². The number of amides is 2. The van der Waals surface area contributed by atoms with Gasteiger partial charge in [-0.2, -0.15) is 5.10 Å². The number of hydrogen-bond acceptors (Lipinski definition) is 5. The fourth-order valence-electron chi connectivity index (χ4n) is 4.16. The number of aromatic nitrogens is 3. The standard InChI is InChI=1S/C18H24N6OS/c1-21-8-9-23(18(21)25)14-10-19-24(12-14)13-6-7-22(11-13)17-20-15-4-2-3-5-16(15)26-17/h10,12-13H,2-9,11H2,1H3. The Morgan fingerprint density at radius 1 is 1.19 bits per heavy atom. The van der Waals surface area contributed by atoms with Gasteiger partial charge in [-0.1, -0.05) is 0 Å². The maximum atomic E-state index is 12.2. The van der Waals surface area contributed by atoms with Crippen molar-refractivity contribution in [1.82, 2.24) is 19.7 Å². The summed E-state index contributed by atoms with van der Waals surface area (Å²) in [6.07, 6.45) is 9.84. The van der Waals surface area contributed by atoms with Crippen molar-refractivity contribution in [2.45, 2.75) is 38.1 Å². The number of carbonyl (C=O) groups is 1. The topological polar surface area (TPSA) is 57.5 Å². The Labute approximate surface area is 157 Å². The van der Waals surface area contributed by atoms with E-state index in [1.165, 1.54) is 35.0 Å². The summed E-state index contributed by atoms with van der Waals surface area (Å²) < 4.78 is 2.04. The van der Waals surface area contributed by atoms with Crippen molar-refractivity contribution in [3.05, 3.63) is 23.0 Å². The van der Waals surface area contributed by atoms with Gasteiger partial charge in [0.15, 0.2) is 5.13 Å². The van der Waals surface area contributed by atoms with Crippen LogP contribution in [0.2, 0.25) is 0 Å². The first kappa shape index (κ1) is 16.1. The maximum Gasteiger partial charge on any atom is 0.324 e. The Morgan fingerprint density at radius 2 is 2.08 bits per heavy atom. The fourth-order valence-corrected chi connectivity index (χ4v) is 5.34. The van der Waals surface area contributed by atoms with Gasteiger partial charge in [0.25, 0.3) is 0 Å². The number of aryl methyl sites for hydroxylation is 2. The maximum absolute atomic E-state index is 12.2. The van der Waals surface area contributed by atoms with Crippen LogP contribution in [-0.2, 0) is 12.8 Å². The molecule has 0 saturated carbocycles. The Kier molecular flexibility index (Phi) is 3.88. The zero-order valence-corrected chi connectivity index (χ0v) is 15.9. The van der Waals surface area contributed by atoms with Gasteiger partial charge in [0, 0.05) is 44.3 Å². The number of rotatable bonds is 3. The normalized spacial score (nSPS) is 23.2. The van der Waals surface area contributed by atoms with E-state index in [2.05, 4.69) is 10.00 Å². The molecule has 2 aromatic heterocycles. The van der Waals surface area contributed by atoms with Gasteiger partial charge >= 0.3 is 6.03 Å². The van der Waals surface area contributed by atoms with Gasteiger partial charge in [0.2, 0.25) is 0 Å². The van der Waals surface area contributed by atoms with E-state index in [1.807, 2.05) is 40.4 Å². The van der Waals surface area contributed by atoms with Crippen LogP contribution in [0.3, 0.4) is 0 Å². The van der Waals surface area contributed by atoms with Crippen LogP contribution in [0.15, 0.2) is 12.4 Å². The largest absolute Gasteiger partial charge is 0.346 e. The lowest BCUT2D eigenvalue weighted by Crippen LogP contribution is -2.28. The third-order valence-electron chi connectivity index (χ3n) is 5.76. The molecule has 1 aliphatic carbocycles. The van der Waals surface area contributed by atoms with E-state index in [0.29, 0.717) is 6.04 Å². The molecule has 0 radical (unpaired) electrons. The Hall–Kier alpha value is -2.09. The molecule has 2 aromatic rings. The van der Waals surface area contributed by atoms with E-state index in [1.54, 1.807) is 4.90 Å². The smallest absolute Gasteiger partial charge is 0.324 e. The lowest BCUT2D eigenvalue weighted by atomic mass is 10.0. The number of urea groups is 1. The van der Waals surface area contributed by atoms with E-state index >= 15 is 0 Å². The van der Waals surface area contributed by atoms with Crippen LogP contribution in [0.1, 0.15) is 35.9 Å². The predicted octanol–water partition coefficient (Wildman–Crippen LogP) is 2.54. The lowest BCUT2D eigenvalue weighted by Gasteiger charge is -2.15. The highest BCUT2D eigenvalue weighted by Gasteiger charge is 2.31. The minimum Gasteiger partial charge on any atom is -0.346 e. The molecule has 1 atom stereocenters. The Bertz CT molecular complexity index is 806. The summed E-state index contributed by atoms with van der Waals surface area (Å²) >= 11 is 1.88. The number of anilines is 2. The molecule has 4 heterocycles. The van der Waals surface area contributed by atoms with Gasteiger partial charge in [-0.15, -0.1) is 11.3 Å². The van der Waals surface area contributed by atoms with Crippen molar-refractivity contribution in [2.75, 3.05) is 43.0 Å². The summed E-state index contributed by atoms with van der Waals surface area (Å²) in [4.78, 5) is 24.5. The summed E-state index contributed by atoms with van der Waals surface area (Å²) in [6, 6.07) is 0.408. The van der Waals surface area contributed by atoms with Crippen LogP contribution in [0, 0.1) is 0 Å². The van der Waals surface area contributed by atoms with E-state index in [4.69, 9.17) is 4.98 Å². The van der Waals surface area contributed by atoms with Crippen LogP contribution in [0.5, 0.6) is 0 Å². The number of hydrogen-bond donors (Lipinski definition) is 0. The van der Waals surface area contributed by atoms with Crippen LogP contribution in [-0.4, -0.2) is 58.9 Å². The summed E-state index contributed by atoms with van der Waals surface area (Å²) in [7, 11) is 1.84. The minimum atomic E-state index is 0.0611. The Balaban J connectivity index is 1.29. The van der Waals surface area contributed by atoms with Gasteiger partial charge in [-0.3, -0.25) is 9.58 Å². The second kappa shape index (κ2) is 6.26. The molecule has 3 aliphatic rings. The van der Waals surface area contributed by atoms with Crippen LogP contribution < -0.4 is 9.80 Å². The number of thiazole rings is 1. The molecule has 7 nitrogen and oxygen atoms in total. The summed E-state index contributed by atoms with van der Waals surface area (Å²) in [6.45, 7) is 3.48. The van der Waals surface area contributed by atoms with Crippen LogP contribution in [0.25, 0.3) is 0 Å². The molecule has 2 saturated heterocycles. The van der Waals surface area contributed by atoms with Gasteiger partial charge in [0.1, 0.15) is 0 Å². The van der Waals surface area contributed by atoms with Crippen LogP contribution >= 0.6 is 11.3 Å². The van der Waals surface area contributed by atoms with Gasteiger partial charge in [0.05, 0.1) is 23.6 Å². The quantitative estimate of drug-likeness (QED) is 0.831. The highest BCUT2D eigenvalue weighted by molar-refractivity contribution is 7.15. The number of fused-ring (bicyclic) bond motifs is 1. The molecule has 0 bridgehead atoms. The zero-order valence-electron chi connectivity index (χ0n) is 15.1. The van der Waals surface area contributed by atoms with Crippen molar-refractivity contribution in [3.63, 3.8) is 0 Å². The average Bonchev–Trinajstić information content (AvgIpc) is 3.41. The molecular weight excluding hydrogens is 348 g/mol.